The third-order valence-electron chi connectivity index (χ3n) is 10.1. The minimum atomic E-state index is -1.97. The monoisotopic (exact) mass is 658 g/mol. The molecule has 3 saturated heterocycles. The van der Waals surface area contributed by atoms with Gasteiger partial charge in [-0.2, -0.15) is 0 Å². The van der Waals surface area contributed by atoms with Gasteiger partial charge in [-0.15, -0.1) is 0 Å². The Balaban J connectivity index is 1.24. The number of carbonyl (C=O) groups is 4. The molecular formula is C36H46N6O6. The minimum absolute atomic E-state index is 0.0740. The molecule has 0 aliphatic carbocycles. The molecule has 0 aromatic heterocycles. The second-order valence-electron chi connectivity index (χ2n) is 13.4. The number of anilines is 3. The van der Waals surface area contributed by atoms with E-state index in [0.29, 0.717) is 29.2 Å². The number of nitrogens with zero attached hydrogens (tertiary/aromatic N) is 2. The lowest BCUT2D eigenvalue weighted by Crippen LogP contribution is -2.44. The first kappa shape index (κ1) is 33.8. The first-order valence-corrected chi connectivity index (χ1v) is 17.1. The van der Waals surface area contributed by atoms with Gasteiger partial charge in [0.2, 0.25) is 17.7 Å². The van der Waals surface area contributed by atoms with Crippen LogP contribution >= 0.6 is 0 Å². The fourth-order valence-electron chi connectivity index (χ4n) is 7.37. The smallest absolute Gasteiger partial charge is 0.264 e. The van der Waals surface area contributed by atoms with Crippen LogP contribution in [0.1, 0.15) is 63.0 Å². The van der Waals surface area contributed by atoms with Gasteiger partial charge in [-0.25, -0.2) is 0 Å². The van der Waals surface area contributed by atoms with Gasteiger partial charge in [0.25, 0.3) is 5.91 Å². The summed E-state index contributed by atoms with van der Waals surface area (Å²) in [6, 6.07) is 11.7. The molecule has 4 amide bonds. The van der Waals surface area contributed by atoms with E-state index in [4.69, 9.17) is 0 Å². The highest BCUT2D eigenvalue weighted by Gasteiger charge is 2.52. The fraction of sp³-hybridized carbons (Fsp3) is 0.500. The van der Waals surface area contributed by atoms with Crippen LogP contribution in [0.5, 0.6) is 0 Å². The van der Waals surface area contributed by atoms with Crippen molar-refractivity contribution in [1.82, 2.24) is 15.5 Å². The number of hydrogen-bond donors (Lipinski definition) is 6. The van der Waals surface area contributed by atoms with Crippen molar-refractivity contribution in [3.8, 4) is 0 Å². The van der Waals surface area contributed by atoms with E-state index < -0.39 is 17.4 Å². The summed E-state index contributed by atoms with van der Waals surface area (Å²) in [7, 11) is 0. The standard InChI is InChI=1S/C36H46N6O6/c1-23(7-2-13-32(44)41-18-6-10-27(41)22-43)36(48)28-20-26(40-34(46)30-12-5-17-38-30)14-15-31(28)42(35(36)47)21-24-8-3-9-25(19-24)39-33(45)29-11-4-16-37-29/h2-3,7-9,14-15,19-20,23,27,29-30,37-38,43,48H,4-6,10-13,16-18,21-22H2,1H3,(H,39,45)(H,40,46)/b7-2+/t23-,27+,29-,30-,36+/m1/s1. The molecule has 5 atom stereocenters. The maximum atomic E-state index is 14.3. The van der Waals surface area contributed by atoms with Crippen molar-refractivity contribution in [1.29, 1.82) is 0 Å². The molecule has 48 heavy (non-hydrogen) atoms. The minimum Gasteiger partial charge on any atom is -0.394 e. The Morgan fingerprint density at radius 1 is 0.979 bits per heavy atom. The number of rotatable bonds is 11. The molecule has 0 spiro atoms. The van der Waals surface area contributed by atoms with Crippen LogP contribution in [0.2, 0.25) is 0 Å². The molecule has 0 saturated carbocycles. The van der Waals surface area contributed by atoms with Crippen LogP contribution in [0.25, 0.3) is 0 Å². The Bertz CT molecular complexity index is 1570. The Kier molecular flexibility index (Phi) is 10.3. The highest BCUT2D eigenvalue weighted by Crippen LogP contribution is 2.47. The van der Waals surface area contributed by atoms with Crippen LogP contribution < -0.4 is 26.2 Å². The average molecular weight is 659 g/mol. The molecular weight excluding hydrogens is 612 g/mol. The lowest BCUT2D eigenvalue weighted by atomic mass is 9.82. The number of nitrogens with one attached hydrogen (secondary N) is 4. The van der Waals surface area contributed by atoms with Crippen LogP contribution in [0.4, 0.5) is 17.1 Å². The van der Waals surface area contributed by atoms with Gasteiger partial charge in [0.1, 0.15) is 0 Å². The summed E-state index contributed by atoms with van der Waals surface area (Å²) < 4.78 is 0. The molecule has 0 bridgehead atoms. The number of benzene rings is 2. The van der Waals surface area contributed by atoms with Crippen molar-refractivity contribution >= 4 is 40.7 Å². The van der Waals surface area contributed by atoms with Crippen LogP contribution in [-0.2, 0) is 31.3 Å². The summed E-state index contributed by atoms with van der Waals surface area (Å²) in [5.74, 6) is -1.62. The summed E-state index contributed by atoms with van der Waals surface area (Å²) >= 11 is 0. The summed E-state index contributed by atoms with van der Waals surface area (Å²) in [6.07, 6.45) is 8.45. The van der Waals surface area contributed by atoms with Crippen LogP contribution in [0.15, 0.2) is 54.6 Å². The normalized spacial score (nSPS) is 25.9. The molecule has 2 aromatic rings. The quantitative estimate of drug-likeness (QED) is 0.201. The number of hydrogen-bond acceptors (Lipinski definition) is 8. The Morgan fingerprint density at radius 3 is 2.31 bits per heavy atom. The van der Waals surface area contributed by atoms with Crippen molar-refractivity contribution in [2.75, 3.05) is 41.8 Å². The summed E-state index contributed by atoms with van der Waals surface area (Å²) in [6.45, 7) is 4.00. The van der Waals surface area contributed by atoms with Crippen molar-refractivity contribution in [2.24, 2.45) is 5.92 Å². The van der Waals surface area contributed by atoms with E-state index in [-0.39, 0.29) is 55.4 Å². The highest BCUT2D eigenvalue weighted by atomic mass is 16.3. The van der Waals surface area contributed by atoms with E-state index in [1.165, 1.54) is 4.90 Å². The first-order valence-electron chi connectivity index (χ1n) is 17.1. The van der Waals surface area contributed by atoms with E-state index in [2.05, 4.69) is 21.3 Å². The predicted octanol–water partition coefficient (Wildman–Crippen LogP) is 2.37. The lowest BCUT2D eigenvalue weighted by Gasteiger charge is -2.28. The molecule has 2 aromatic carbocycles. The number of aliphatic hydroxyl groups excluding tert-OH is 1. The second-order valence-corrected chi connectivity index (χ2v) is 13.4. The maximum absolute atomic E-state index is 14.3. The molecule has 4 aliphatic rings. The maximum Gasteiger partial charge on any atom is 0.264 e. The number of fused-ring (bicyclic) bond motifs is 1. The molecule has 3 fully saturated rings. The molecule has 12 nitrogen and oxygen atoms in total. The van der Waals surface area contributed by atoms with Gasteiger partial charge in [0, 0.05) is 35.8 Å². The Hall–Kier alpha value is -4.10. The Morgan fingerprint density at radius 2 is 1.67 bits per heavy atom. The number of aliphatic hydroxyl groups is 2. The van der Waals surface area contributed by atoms with Crippen molar-refractivity contribution < 1.29 is 29.4 Å². The van der Waals surface area contributed by atoms with Crippen LogP contribution in [-0.4, -0.2) is 83.1 Å². The Labute approximate surface area is 280 Å². The zero-order valence-corrected chi connectivity index (χ0v) is 27.4. The SMILES string of the molecule is C[C@H](/C=C/CC(=O)N1CCC[C@H]1CO)[C@@]1(O)C(=O)N(Cc2cccc(NC(=O)[C@H]3CCCN3)c2)c2ccc(NC(=O)[C@H]3CCCN3)cc21. The molecule has 6 rings (SSSR count). The number of likely N-dealkylation sites (tertiary alicyclic amines) is 1. The van der Waals surface area contributed by atoms with Gasteiger partial charge >= 0.3 is 0 Å². The van der Waals surface area contributed by atoms with Crippen molar-refractivity contribution in [3.05, 3.63) is 65.7 Å². The van der Waals surface area contributed by atoms with Crippen molar-refractivity contribution in [2.45, 2.75) is 82.1 Å². The number of carbonyl (C=O) groups excluding carboxylic acids is 4. The lowest BCUT2D eigenvalue weighted by molar-refractivity contribution is -0.139. The largest absolute Gasteiger partial charge is 0.394 e. The first-order chi connectivity index (χ1) is 23.2. The van der Waals surface area contributed by atoms with Crippen molar-refractivity contribution in [3.63, 3.8) is 0 Å². The van der Waals surface area contributed by atoms with Gasteiger partial charge in [0.15, 0.2) is 5.60 Å². The average Bonchev–Trinajstić information content (AvgIpc) is 3.91. The van der Waals surface area contributed by atoms with Gasteiger partial charge in [-0.05, 0) is 87.5 Å². The van der Waals surface area contributed by atoms with E-state index >= 15 is 0 Å². The molecule has 256 valence electrons. The molecule has 4 heterocycles. The summed E-state index contributed by atoms with van der Waals surface area (Å²) in [4.78, 5) is 56.0. The zero-order chi connectivity index (χ0) is 33.8. The van der Waals surface area contributed by atoms with E-state index in [9.17, 15) is 29.4 Å². The molecule has 6 N–H and O–H groups in total. The summed E-state index contributed by atoms with van der Waals surface area (Å²) in [5, 5.41) is 34.2. The van der Waals surface area contributed by atoms with E-state index in [1.54, 1.807) is 48.2 Å². The van der Waals surface area contributed by atoms with Crippen LogP contribution in [0.3, 0.4) is 0 Å². The topological polar surface area (TPSA) is 163 Å². The number of amides is 4. The predicted molar refractivity (Wildman–Crippen MR) is 182 cm³/mol. The van der Waals surface area contributed by atoms with Gasteiger partial charge in [-0.1, -0.05) is 31.2 Å². The highest BCUT2D eigenvalue weighted by molar-refractivity contribution is 6.08. The third kappa shape index (κ3) is 6.88. The fourth-order valence-corrected chi connectivity index (χ4v) is 7.37. The molecule has 0 radical (unpaired) electrons. The van der Waals surface area contributed by atoms with Gasteiger partial charge < -0.3 is 41.3 Å². The summed E-state index contributed by atoms with van der Waals surface area (Å²) in [5.41, 5.74) is 0.768. The van der Waals surface area contributed by atoms with Gasteiger partial charge in [-0.3, -0.25) is 19.2 Å². The molecule has 4 aliphatic heterocycles. The third-order valence-corrected chi connectivity index (χ3v) is 10.1. The van der Waals surface area contributed by atoms with Gasteiger partial charge in [0.05, 0.1) is 37.0 Å². The van der Waals surface area contributed by atoms with E-state index in [1.807, 2.05) is 18.2 Å². The molecule has 0 unspecified atom stereocenters. The van der Waals surface area contributed by atoms with Crippen LogP contribution in [0, 0.1) is 5.92 Å². The zero-order valence-electron chi connectivity index (χ0n) is 27.4. The van der Waals surface area contributed by atoms with E-state index in [0.717, 1.165) is 57.2 Å². The second kappa shape index (κ2) is 14.6. The molecule has 12 heteroatoms.